The number of unbranched alkanes of at least 4 members (excludes halogenated alkanes) is 2. The number of hydrogen-bond donors (Lipinski definition) is 3. The van der Waals surface area contributed by atoms with E-state index in [4.69, 9.17) is 4.74 Å². The second-order valence-electron chi connectivity index (χ2n) is 13.0. The molecule has 4 unspecified atom stereocenters. The molecular weight excluding hydrogens is 638 g/mol. The zero-order valence-corrected chi connectivity index (χ0v) is 29.0. The van der Waals surface area contributed by atoms with Crippen LogP contribution >= 0.6 is 0 Å². The van der Waals surface area contributed by atoms with E-state index in [0.29, 0.717) is 43.5 Å². The number of aliphatic hydroxyl groups is 1. The molecule has 0 bridgehead atoms. The van der Waals surface area contributed by atoms with Crippen LogP contribution in [0.5, 0.6) is 5.75 Å². The molecule has 3 aromatic rings. The molecule has 1 amide bonds. The third kappa shape index (κ3) is 10.6. The van der Waals surface area contributed by atoms with Gasteiger partial charge in [0.05, 0.1) is 11.3 Å². The lowest BCUT2D eigenvalue weighted by Crippen LogP contribution is -2.45. The number of sulfonamides is 1. The van der Waals surface area contributed by atoms with Crippen LogP contribution in [0.15, 0.2) is 60.7 Å². The number of carbonyl (C=O) groups excluding carboxylic acids is 1. The maximum absolute atomic E-state index is 14.1. The Morgan fingerprint density at radius 3 is 2.38 bits per heavy atom. The van der Waals surface area contributed by atoms with Gasteiger partial charge in [-0.15, -0.1) is 0 Å². The van der Waals surface area contributed by atoms with Crippen molar-refractivity contribution in [3.63, 3.8) is 0 Å². The molecule has 1 saturated carbocycles. The second-order valence-corrected chi connectivity index (χ2v) is 15.6. The fourth-order valence-corrected chi connectivity index (χ4v) is 6.65. The molecule has 0 saturated heterocycles. The molecule has 0 spiro atoms. The number of hydrogen-bond acceptors (Lipinski definition) is 7. The second kappa shape index (κ2) is 17.1. The summed E-state index contributed by atoms with van der Waals surface area (Å²) in [5.41, 5.74) is 1.26. The number of benzene rings is 2. The highest BCUT2D eigenvalue weighted by atomic mass is 32.2. The van der Waals surface area contributed by atoms with Gasteiger partial charge in [0.25, 0.3) is 5.91 Å². The van der Waals surface area contributed by atoms with Crippen LogP contribution < -0.4 is 19.7 Å². The normalized spacial score (nSPS) is 17.1. The third-order valence-electron chi connectivity index (χ3n) is 8.92. The van der Waals surface area contributed by atoms with Crippen LogP contribution in [0, 0.1) is 29.4 Å². The smallest absolute Gasteiger partial charge is 0.251 e. The highest BCUT2D eigenvalue weighted by Gasteiger charge is 2.32. The molecule has 1 aliphatic rings. The van der Waals surface area contributed by atoms with Crippen LogP contribution in [-0.4, -0.2) is 62.5 Å². The number of amides is 1. The number of anilines is 2. The molecular formula is C36H48F2N4O5S. The lowest BCUT2D eigenvalue weighted by Gasteiger charge is -2.29. The Morgan fingerprint density at radius 2 is 1.75 bits per heavy atom. The number of halogens is 2. The van der Waals surface area contributed by atoms with Crippen LogP contribution in [-0.2, 0) is 16.4 Å². The Labute approximate surface area is 283 Å². The molecule has 262 valence electrons. The van der Waals surface area contributed by atoms with E-state index >= 15 is 0 Å². The Morgan fingerprint density at radius 1 is 1.06 bits per heavy atom. The van der Waals surface area contributed by atoms with Crippen molar-refractivity contribution in [1.29, 1.82) is 0 Å². The van der Waals surface area contributed by atoms with Crippen LogP contribution in [0.1, 0.15) is 68.8 Å². The molecule has 3 N–H and O–H groups in total. The zero-order chi connectivity index (χ0) is 34.8. The summed E-state index contributed by atoms with van der Waals surface area (Å²) in [6, 6.07) is 15.2. The maximum Gasteiger partial charge on any atom is 0.251 e. The summed E-state index contributed by atoms with van der Waals surface area (Å²) in [7, 11) is -2.32. The van der Waals surface area contributed by atoms with Gasteiger partial charge in [-0.25, -0.2) is 22.2 Å². The fourth-order valence-electron chi connectivity index (χ4n) is 5.67. The highest BCUT2D eigenvalue weighted by molar-refractivity contribution is 7.93. The van der Waals surface area contributed by atoms with Crippen LogP contribution in [0.25, 0.3) is 0 Å². The van der Waals surface area contributed by atoms with Crippen LogP contribution in [0.2, 0.25) is 0 Å². The van der Waals surface area contributed by atoms with E-state index in [1.807, 2.05) is 30.3 Å². The Kier molecular flexibility index (Phi) is 13.2. The quantitative estimate of drug-likeness (QED) is 0.129. The number of aliphatic hydroxyl groups excluding tert-OH is 1. The number of ether oxygens (including phenoxy) is 1. The maximum atomic E-state index is 14.1. The number of pyridine rings is 1. The van der Waals surface area contributed by atoms with Gasteiger partial charge in [-0.3, -0.25) is 9.10 Å². The summed E-state index contributed by atoms with van der Waals surface area (Å²) in [6.45, 7) is 5.98. The Bertz CT molecular complexity index is 1590. The van der Waals surface area contributed by atoms with Crippen molar-refractivity contribution < 1.29 is 31.8 Å². The van der Waals surface area contributed by atoms with Crippen molar-refractivity contribution in [3.8, 4) is 5.75 Å². The molecule has 0 aliphatic heterocycles. The number of carbonyl (C=O) groups is 1. The predicted octanol–water partition coefficient (Wildman–Crippen LogP) is 6.19. The summed E-state index contributed by atoms with van der Waals surface area (Å²) in [5.74, 6) is -0.620. The molecule has 4 atom stereocenters. The molecule has 12 heteroatoms. The first-order chi connectivity index (χ1) is 22.9. The highest BCUT2D eigenvalue weighted by Crippen LogP contribution is 2.37. The molecule has 1 aromatic heterocycles. The van der Waals surface area contributed by atoms with Crippen molar-refractivity contribution in [2.24, 2.45) is 17.8 Å². The van der Waals surface area contributed by atoms with Gasteiger partial charge in [-0.2, -0.15) is 0 Å². The van der Waals surface area contributed by atoms with Gasteiger partial charge < -0.3 is 20.5 Å². The number of aromatic nitrogens is 1. The van der Waals surface area contributed by atoms with Gasteiger partial charge in [-0.1, -0.05) is 50.1 Å². The van der Waals surface area contributed by atoms with E-state index in [-0.39, 0.29) is 36.3 Å². The van der Waals surface area contributed by atoms with Crippen molar-refractivity contribution in [2.45, 2.75) is 70.6 Å². The standard InChI is InChI=1S/C36H48F2N4O5S/c1-24(2)48(45,46)42(4)35-18-28(17-34(41-35)39-22-29-15-25(29)3)36(44)40-33(23-47-32-20-30(37)19-31(38)21-32)27(13-9-6-10-14-43)16-26-11-7-5-8-12-26/h5,7-8,11-12,17-21,24-25,27,29,33,43H,6,9-10,13-16,22-23H2,1-4H3,(H,39,41)(H,40,44). The molecule has 48 heavy (non-hydrogen) atoms. The van der Waals surface area contributed by atoms with Gasteiger partial charge in [0, 0.05) is 44.0 Å². The van der Waals surface area contributed by atoms with Crippen LogP contribution in [0.3, 0.4) is 0 Å². The van der Waals surface area contributed by atoms with E-state index in [2.05, 4.69) is 22.5 Å². The summed E-state index contributed by atoms with van der Waals surface area (Å²) >= 11 is 0. The van der Waals surface area contributed by atoms with E-state index < -0.39 is 38.9 Å². The molecule has 4 rings (SSSR count). The zero-order valence-electron chi connectivity index (χ0n) is 28.2. The summed E-state index contributed by atoms with van der Waals surface area (Å²) in [4.78, 5) is 18.6. The predicted molar refractivity (Wildman–Crippen MR) is 185 cm³/mol. The lowest BCUT2D eigenvalue weighted by molar-refractivity contribution is 0.0891. The van der Waals surface area contributed by atoms with Gasteiger partial charge in [0.1, 0.15) is 35.6 Å². The fraction of sp³-hybridized carbons (Fsp3) is 0.500. The molecule has 1 fully saturated rings. The average Bonchev–Trinajstić information content (AvgIpc) is 3.77. The minimum atomic E-state index is -3.74. The summed E-state index contributed by atoms with van der Waals surface area (Å²) in [6.07, 6.45) is 4.58. The van der Waals surface area contributed by atoms with E-state index in [1.165, 1.54) is 13.1 Å². The van der Waals surface area contributed by atoms with Gasteiger partial charge in [-0.05, 0) is 75.0 Å². The Balaban J connectivity index is 1.66. The van der Waals surface area contributed by atoms with Gasteiger partial charge >= 0.3 is 0 Å². The number of nitrogens with zero attached hydrogens (tertiary/aromatic N) is 2. The molecule has 1 heterocycles. The number of nitrogens with one attached hydrogen (secondary N) is 2. The minimum Gasteiger partial charge on any atom is -0.491 e. The Hall–Kier alpha value is -3.77. The molecule has 2 aromatic carbocycles. The first kappa shape index (κ1) is 37.1. The van der Waals surface area contributed by atoms with Crippen molar-refractivity contribution >= 4 is 27.6 Å². The van der Waals surface area contributed by atoms with Gasteiger partial charge in [0.15, 0.2) is 0 Å². The van der Waals surface area contributed by atoms with E-state index in [9.17, 15) is 27.1 Å². The minimum absolute atomic E-state index is 0.00186. The monoisotopic (exact) mass is 686 g/mol. The van der Waals surface area contributed by atoms with Gasteiger partial charge in [0.2, 0.25) is 10.0 Å². The summed E-state index contributed by atoms with van der Waals surface area (Å²) < 4.78 is 61.2. The largest absolute Gasteiger partial charge is 0.491 e. The first-order valence-electron chi connectivity index (χ1n) is 16.7. The van der Waals surface area contributed by atoms with Crippen molar-refractivity contribution in [3.05, 3.63) is 83.4 Å². The van der Waals surface area contributed by atoms with E-state index in [1.54, 1.807) is 19.9 Å². The third-order valence-corrected chi connectivity index (χ3v) is 11.1. The summed E-state index contributed by atoms with van der Waals surface area (Å²) in [5, 5.41) is 15.0. The molecule has 1 aliphatic carbocycles. The molecule has 9 nitrogen and oxygen atoms in total. The first-order valence-corrected chi connectivity index (χ1v) is 18.2. The topological polar surface area (TPSA) is 121 Å². The lowest BCUT2D eigenvalue weighted by atomic mass is 9.87. The average molecular weight is 687 g/mol. The number of rotatable bonds is 19. The van der Waals surface area contributed by atoms with Crippen molar-refractivity contribution in [2.75, 3.05) is 36.4 Å². The SMILES string of the molecule is CC1CC1CNc1cc(C(=O)NC(COc2cc(F)cc(F)c2)C(CCCCCO)Cc2ccccc2)cc(N(C)S(=O)(=O)C(C)C)n1. The van der Waals surface area contributed by atoms with Crippen LogP contribution in [0.4, 0.5) is 20.4 Å². The molecule has 0 radical (unpaired) electrons. The van der Waals surface area contributed by atoms with E-state index in [0.717, 1.165) is 47.3 Å². The van der Waals surface area contributed by atoms with Crippen molar-refractivity contribution in [1.82, 2.24) is 10.3 Å².